The third-order valence-electron chi connectivity index (χ3n) is 3.23. The van der Waals surface area contributed by atoms with Crippen molar-refractivity contribution in [2.45, 2.75) is 0 Å². The van der Waals surface area contributed by atoms with Gasteiger partial charge in [0.05, 0.1) is 24.7 Å². The molecule has 0 aliphatic carbocycles. The normalized spacial score (nSPS) is 10.2. The van der Waals surface area contributed by atoms with E-state index in [9.17, 15) is 9.59 Å². The lowest BCUT2D eigenvalue weighted by molar-refractivity contribution is -0.119. The fraction of sp³-hybridized carbons (Fsp3) is 0.167. The van der Waals surface area contributed by atoms with Gasteiger partial charge in [0.1, 0.15) is 0 Å². The Kier molecular flexibility index (Phi) is 6.52. The van der Waals surface area contributed by atoms with Gasteiger partial charge in [0.2, 0.25) is 11.8 Å². The molecule has 7 heteroatoms. The topological polar surface area (TPSA) is 85.2 Å². The summed E-state index contributed by atoms with van der Waals surface area (Å²) in [5.41, 5.74) is 1.65. The average Bonchev–Trinajstić information content (AvgIpc) is 2.56. The molecule has 2 N–H and O–H groups in total. The van der Waals surface area contributed by atoms with Crippen molar-refractivity contribution in [3.8, 4) is 6.07 Å². The first-order chi connectivity index (χ1) is 12.0. The zero-order chi connectivity index (χ0) is 18.2. The highest BCUT2D eigenvalue weighted by atomic mass is 35.5. The molecular weight excluding hydrogens is 340 g/mol. The van der Waals surface area contributed by atoms with Crippen molar-refractivity contribution < 1.29 is 9.59 Å². The van der Waals surface area contributed by atoms with Crippen LogP contribution in [0.2, 0.25) is 5.02 Å². The molecule has 6 nitrogen and oxygen atoms in total. The Morgan fingerprint density at radius 3 is 2.24 bits per heavy atom. The van der Waals surface area contributed by atoms with Crippen molar-refractivity contribution in [2.24, 2.45) is 0 Å². The molecule has 2 amide bonds. The second-order valence-corrected chi connectivity index (χ2v) is 5.90. The summed E-state index contributed by atoms with van der Waals surface area (Å²) < 4.78 is 0. The molecule has 0 atom stereocenters. The van der Waals surface area contributed by atoms with E-state index in [1.807, 2.05) is 6.07 Å². The summed E-state index contributed by atoms with van der Waals surface area (Å²) in [6.45, 7) is 0.110. The van der Waals surface area contributed by atoms with Gasteiger partial charge in [0, 0.05) is 16.4 Å². The molecule has 0 fully saturated rings. The maximum absolute atomic E-state index is 12.0. The van der Waals surface area contributed by atoms with Crippen LogP contribution in [0, 0.1) is 11.3 Å². The summed E-state index contributed by atoms with van der Waals surface area (Å²) in [7, 11) is 1.67. The van der Waals surface area contributed by atoms with E-state index in [1.54, 1.807) is 60.5 Å². The molecule has 0 unspecified atom stereocenters. The summed E-state index contributed by atoms with van der Waals surface area (Å²) in [5.74, 6) is -0.499. The molecule has 0 saturated heterocycles. The number of carbonyl (C=O) groups is 2. The predicted molar refractivity (Wildman–Crippen MR) is 97.4 cm³/mol. The maximum atomic E-state index is 12.0. The van der Waals surface area contributed by atoms with Gasteiger partial charge in [-0.1, -0.05) is 17.7 Å². The number of rotatable bonds is 6. The minimum atomic E-state index is -0.267. The molecule has 2 aromatic carbocycles. The smallest absolute Gasteiger partial charge is 0.238 e. The van der Waals surface area contributed by atoms with Gasteiger partial charge in [-0.15, -0.1) is 0 Å². The molecule has 2 aromatic rings. The van der Waals surface area contributed by atoms with E-state index >= 15 is 0 Å². The van der Waals surface area contributed by atoms with Crippen molar-refractivity contribution >= 4 is 34.8 Å². The number of nitriles is 1. The Hall–Kier alpha value is -2.88. The lowest BCUT2D eigenvalue weighted by Crippen LogP contribution is -2.36. The molecule has 0 radical (unpaired) electrons. The quantitative estimate of drug-likeness (QED) is 0.833. The number of hydrogen-bond donors (Lipinski definition) is 2. The van der Waals surface area contributed by atoms with E-state index in [0.29, 0.717) is 22.0 Å². The van der Waals surface area contributed by atoms with Gasteiger partial charge in [-0.05, 0) is 49.5 Å². The van der Waals surface area contributed by atoms with E-state index in [0.717, 1.165) is 0 Å². The predicted octanol–water partition coefficient (Wildman–Crippen LogP) is 2.72. The van der Waals surface area contributed by atoms with Crippen molar-refractivity contribution in [2.75, 3.05) is 30.8 Å². The molecule has 2 rings (SSSR count). The van der Waals surface area contributed by atoms with E-state index in [4.69, 9.17) is 16.9 Å². The summed E-state index contributed by atoms with van der Waals surface area (Å²) in [5, 5.41) is 14.9. The van der Waals surface area contributed by atoms with Crippen molar-refractivity contribution in [1.29, 1.82) is 5.26 Å². The molecule has 25 heavy (non-hydrogen) atoms. The number of hydrogen-bond acceptors (Lipinski definition) is 4. The fourth-order valence-corrected chi connectivity index (χ4v) is 2.27. The minimum Gasteiger partial charge on any atom is -0.325 e. The minimum absolute atomic E-state index is 0.0464. The highest BCUT2D eigenvalue weighted by Crippen LogP contribution is 2.13. The molecular formula is C18H17ClN4O2. The first kappa shape index (κ1) is 18.5. The number of benzene rings is 2. The Bertz CT molecular complexity index is 799. The molecule has 0 aromatic heterocycles. The van der Waals surface area contributed by atoms with Crippen LogP contribution in [0.5, 0.6) is 0 Å². The van der Waals surface area contributed by atoms with Crippen molar-refractivity contribution in [1.82, 2.24) is 4.90 Å². The van der Waals surface area contributed by atoms with Crippen LogP contribution >= 0.6 is 11.6 Å². The molecule has 0 spiro atoms. The summed E-state index contributed by atoms with van der Waals surface area (Å²) in [6.07, 6.45) is 0. The van der Waals surface area contributed by atoms with Crippen LogP contribution in [0.25, 0.3) is 0 Å². The van der Waals surface area contributed by atoms with Gasteiger partial charge in [0.15, 0.2) is 0 Å². The number of nitrogens with one attached hydrogen (secondary N) is 2. The zero-order valence-corrected chi connectivity index (χ0v) is 14.4. The number of anilines is 2. The Labute approximate surface area is 151 Å². The van der Waals surface area contributed by atoms with E-state index < -0.39 is 0 Å². The zero-order valence-electron chi connectivity index (χ0n) is 13.6. The molecule has 0 aliphatic rings. The van der Waals surface area contributed by atoms with E-state index in [-0.39, 0.29) is 24.9 Å². The summed E-state index contributed by atoms with van der Waals surface area (Å²) >= 11 is 5.79. The fourth-order valence-electron chi connectivity index (χ4n) is 2.15. The van der Waals surface area contributed by atoms with Crippen LogP contribution in [-0.2, 0) is 9.59 Å². The van der Waals surface area contributed by atoms with Crippen LogP contribution in [0.15, 0.2) is 48.5 Å². The Morgan fingerprint density at radius 1 is 1.04 bits per heavy atom. The average molecular weight is 357 g/mol. The molecule has 0 aliphatic heterocycles. The first-order valence-corrected chi connectivity index (χ1v) is 7.88. The number of carbonyl (C=O) groups excluding carboxylic acids is 2. The first-order valence-electron chi connectivity index (χ1n) is 7.50. The van der Waals surface area contributed by atoms with Crippen LogP contribution in [0.3, 0.4) is 0 Å². The molecule has 0 saturated carbocycles. The van der Waals surface area contributed by atoms with Crippen LogP contribution in [0.1, 0.15) is 5.56 Å². The van der Waals surface area contributed by atoms with Crippen LogP contribution < -0.4 is 10.6 Å². The highest BCUT2D eigenvalue weighted by Gasteiger charge is 2.11. The standard InChI is InChI=1S/C18H17ClN4O2/c1-23(11-17(24)21-15-7-5-14(19)6-8-15)12-18(25)22-16-4-2-3-13(9-16)10-20/h2-9H,11-12H2,1H3,(H,21,24)(H,22,25). The molecule has 0 bridgehead atoms. The van der Waals surface area contributed by atoms with Crippen molar-refractivity contribution in [3.63, 3.8) is 0 Å². The number of nitrogens with zero attached hydrogens (tertiary/aromatic N) is 2. The van der Waals surface area contributed by atoms with Gasteiger partial charge in [-0.3, -0.25) is 14.5 Å². The Morgan fingerprint density at radius 2 is 1.64 bits per heavy atom. The Balaban J connectivity index is 1.81. The van der Waals surface area contributed by atoms with Gasteiger partial charge < -0.3 is 10.6 Å². The molecule has 0 heterocycles. The lowest BCUT2D eigenvalue weighted by atomic mass is 10.2. The SMILES string of the molecule is CN(CC(=O)Nc1ccc(Cl)cc1)CC(=O)Nc1cccc(C#N)c1. The highest BCUT2D eigenvalue weighted by molar-refractivity contribution is 6.30. The van der Waals surface area contributed by atoms with Gasteiger partial charge >= 0.3 is 0 Å². The van der Waals surface area contributed by atoms with Crippen LogP contribution in [0.4, 0.5) is 11.4 Å². The second kappa shape index (κ2) is 8.83. The second-order valence-electron chi connectivity index (χ2n) is 5.47. The monoisotopic (exact) mass is 356 g/mol. The number of halogens is 1. The van der Waals surface area contributed by atoms with E-state index in [2.05, 4.69) is 10.6 Å². The van der Waals surface area contributed by atoms with E-state index in [1.165, 1.54) is 0 Å². The van der Waals surface area contributed by atoms with Gasteiger partial charge in [-0.2, -0.15) is 5.26 Å². The van der Waals surface area contributed by atoms with Crippen molar-refractivity contribution in [3.05, 3.63) is 59.1 Å². The number of likely N-dealkylation sites (N-methyl/N-ethyl adjacent to an activating group) is 1. The summed E-state index contributed by atoms with van der Waals surface area (Å²) in [6, 6.07) is 15.4. The molecule has 128 valence electrons. The largest absolute Gasteiger partial charge is 0.325 e. The van der Waals surface area contributed by atoms with Gasteiger partial charge in [0.25, 0.3) is 0 Å². The third kappa shape index (κ3) is 6.26. The maximum Gasteiger partial charge on any atom is 0.238 e. The number of amides is 2. The lowest BCUT2D eigenvalue weighted by Gasteiger charge is -2.16. The van der Waals surface area contributed by atoms with Gasteiger partial charge in [-0.25, -0.2) is 0 Å². The summed E-state index contributed by atoms with van der Waals surface area (Å²) in [4.78, 5) is 25.6. The third-order valence-corrected chi connectivity index (χ3v) is 3.48. The van der Waals surface area contributed by atoms with Crippen LogP contribution in [-0.4, -0.2) is 36.9 Å².